The first-order chi connectivity index (χ1) is 10.1. The van der Waals surface area contributed by atoms with Crippen molar-refractivity contribution in [2.24, 2.45) is 11.7 Å². The number of hydrogen-bond acceptors (Lipinski definition) is 3. The first kappa shape index (κ1) is 16.2. The molecule has 0 saturated heterocycles. The van der Waals surface area contributed by atoms with E-state index in [1.807, 2.05) is 13.0 Å². The topological polar surface area (TPSA) is 44.5 Å². The zero-order chi connectivity index (χ0) is 15.2. The molecule has 21 heavy (non-hydrogen) atoms. The lowest BCUT2D eigenvalue weighted by Gasteiger charge is -2.29. The van der Waals surface area contributed by atoms with Gasteiger partial charge in [-0.2, -0.15) is 0 Å². The van der Waals surface area contributed by atoms with E-state index in [9.17, 15) is 0 Å². The van der Waals surface area contributed by atoms with Gasteiger partial charge in [0, 0.05) is 6.04 Å². The van der Waals surface area contributed by atoms with Gasteiger partial charge in [-0.3, -0.25) is 0 Å². The standard InChI is InChI=1S/C18H29NO2/c1-4-14-6-5-7-16(11-14)21-18-12-15(10-13(2)19)8-9-17(18)20-3/h8-9,12-14,16H,4-7,10-11,19H2,1-3H3. The predicted molar refractivity (Wildman–Crippen MR) is 87.0 cm³/mol. The molecule has 3 unspecified atom stereocenters. The van der Waals surface area contributed by atoms with Crippen molar-refractivity contribution < 1.29 is 9.47 Å². The molecule has 0 bridgehead atoms. The fourth-order valence-corrected chi connectivity index (χ4v) is 3.21. The van der Waals surface area contributed by atoms with Crippen LogP contribution in [0, 0.1) is 5.92 Å². The number of hydrogen-bond donors (Lipinski definition) is 1. The van der Waals surface area contributed by atoms with Crippen LogP contribution >= 0.6 is 0 Å². The average molecular weight is 291 g/mol. The van der Waals surface area contributed by atoms with E-state index in [0.717, 1.165) is 36.7 Å². The Kier molecular flexibility index (Phi) is 5.92. The molecule has 0 spiro atoms. The molecule has 3 atom stereocenters. The smallest absolute Gasteiger partial charge is 0.161 e. The summed E-state index contributed by atoms with van der Waals surface area (Å²) >= 11 is 0. The van der Waals surface area contributed by atoms with Gasteiger partial charge in [0.25, 0.3) is 0 Å². The molecule has 1 aliphatic carbocycles. The molecule has 1 aromatic rings. The Morgan fingerprint density at radius 3 is 2.76 bits per heavy atom. The van der Waals surface area contributed by atoms with Gasteiger partial charge in [0.1, 0.15) is 0 Å². The Morgan fingerprint density at radius 1 is 1.29 bits per heavy atom. The van der Waals surface area contributed by atoms with Crippen LogP contribution in [0.25, 0.3) is 0 Å². The summed E-state index contributed by atoms with van der Waals surface area (Å²) in [7, 11) is 1.70. The van der Waals surface area contributed by atoms with Gasteiger partial charge in [0.15, 0.2) is 11.5 Å². The summed E-state index contributed by atoms with van der Waals surface area (Å²) in [6, 6.07) is 6.32. The number of ether oxygens (including phenoxy) is 2. The maximum Gasteiger partial charge on any atom is 0.161 e. The molecular formula is C18H29NO2. The summed E-state index contributed by atoms with van der Waals surface area (Å²) in [5, 5.41) is 0. The summed E-state index contributed by atoms with van der Waals surface area (Å²) < 4.78 is 11.7. The second-order valence-corrected chi connectivity index (χ2v) is 6.35. The molecule has 0 heterocycles. The van der Waals surface area contributed by atoms with Gasteiger partial charge in [0.2, 0.25) is 0 Å². The number of benzene rings is 1. The second-order valence-electron chi connectivity index (χ2n) is 6.35. The molecular weight excluding hydrogens is 262 g/mol. The van der Waals surface area contributed by atoms with Crippen molar-refractivity contribution in [3.63, 3.8) is 0 Å². The van der Waals surface area contributed by atoms with Gasteiger partial charge in [-0.25, -0.2) is 0 Å². The lowest BCUT2D eigenvalue weighted by atomic mass is 9.85. The largest absolute Gasteiger partial charge is 0.493 e. The van der Waals surface area contributed by atoms with Crippen LogP contribution in [0.15, 0.2) is 18.2 Å². The lowest BCUT2D eigenvalue weighted by Crippen LogP contribution is -2.25. The van der Waals surface area contributed by atoms with Crippen LogP contribution in [0.1, 0.15) is 51.5 Å². The van der Waals surface area contributed by atoms with Crippen LogP contribution in [-0.2, 0) is 6.42 Å². The van der Waals surface area contributed by atoms with Gasteiger partial charge in [0.05, 0.1) is 13.2 Å². The van der Waals surface area contributed by atoms with Crippen LogP contribution < -0.4 is 15.2 Å². The monoisotopic (exact) mass is 291 g/mol. The highest BCUT2D eigenvalue weighted by molar-refractivity contribution is 5.43. The maximum atomic E-state index is 6.27. The van der Waals surface area contributed by atoms with Crippen LogP contribution in [0.4, 0.5) is 0 Å². The van der Waals surface area contributed by atoms with E-state index >= 15 is 0 Å². The van der Waals surface area contributed by atoms with E-state index < -0.39 is 0 Å². The minimum atomic E-state index is 0.158. The minimum absolute atomic E-state index is 0.158. The van der Waals surface area contributed by atoms with E-state index in [0.29, 0.717) is 6.10 Å². The predicted octanol–water partition coefficient (Wildman–Crippen LogP) is 3.93. The minimum Gasteiger partial charge on any atom is -0.493 e. The third-order valence-electron chi connectivity index (χ3n) is 4.39. The highest BCUT2D eigenvalue weighted by Crippen LogP contribution is 2.34. The van der Waals surface area contributed by atoms with Crippen molar-refractivity contribution in [2.45, 2.75) is 64.5 Å². The first-order valence-electron chi connectivity index (χ1n) is 8.21. The zero-order valence-corrected chi connectivity index (χ0v) is 13.6. The fraction of sp³-hybridized carbons (Fsp3) is 0.667. The van der Waals surface area contributed by atoms with Crippen LogP contribution in [0.2, 0.25) is 0 Å². The van der Waals surface area contributed by atoms with Crippen LogP contribution in [0.3, 0.4) is 0 Å². The van der Waals surface area contributed by atoms with E-state index in [2.05, 4.69) is 19.1 Å². The highest BCUT2D eigenvalue weighted by atomic mass is 16.5. The first-order valence-corrected chi connectivity index (χ1v) is 8.21. The van der Waals surface area contributed by atoms with Gasteiger partial charge >= 0.3 is 0 Å². The van der Waals surface area contributed by atoms with E-state index in [1.54, 1.807) is 7.11 Å². The Hall–Kier alpha value is -1.22. The van der Waals surface area contributed by atoms with Crippen molar-refractivity contribution in [3.8, 4) is 11.5 Å². The van der Waals surface area contributed by atoms with E-state index in [4.69, 9.17) is 15.2 Å². The van der Waals surface area contributed by atoms with Crippen molar-refractivity contribution in [1.29, 1.82) is 0 Å². The Bertz CT molecular complexity index is 445. The summed E-state index contributed by atoms with van der Waals surface area (Å²) in [4.78, 5) is 0. The Morgan fingerprint density at radius 2 is 2.10 bits per heavy atom. The Balaban J connectivity index is 2.09. The van der Waals surface area contributed by atoms with Crippen LogP contribution in [-0.4, -0.2) is 19.3 Å². The normalized spacial score (nSPS) is 23.6. The summed E-state index contributed by atoms with van der Waals surface area (Å²) in [5.41, 5.74) is 7.11. The zero-order valence-electron chi connectivity index (χ0n) is 13.6. The average Bonchev–Trinajstić information content (AvgIpc) is 2.47. The van der Waals surface area contributed by atoms with Crippen molar-refractivity contribution >= 4 is 0 Å². The molecule has 2 rings (SSSR count). The van der Waals surface area contributed by atoms with Crippen molar-refractivity contribution in [1.82, 2.24) is 0 Å². The van der Waals surface area contributed by atoms with Crippen molar-refractivity contribution in [3.05, 3.63) is 23.8 Å². The molecule has 2 N–H and O–H groups in total. The molecule has 1 fully saturated rings. The van der Waals surface area contributed by atoms with Gasteiger partial charge in [-0.15, -0.1) is 0 Å². The lowest BCUT2D eigenvalue weighted by molar-refractivity contribution is 0.118. The van der Waals surface area contributed by atoms with Gasteiger partial charge in [-0.1, -0.05) is 25.8 Å². The second kappa shape index (κ2) is 7.69. The van der Waals surface area contributed by atoms with Crippen molar-refractivity contribution in [2.75, 3.05) is 7.11 Å². The SMILES string of the molecule is CCC1CCCC(Oc2cc(CC(C)N)ccc2OC)C1. The molecule has 0 radical (unpaired) electrons. The summed E-state index contributed by atoms with van der Waals surface area (Å²) in [6.45, 7) is 4.30. The van der Waals surface area contributed by atoms with E-state index in [1.165, 1.54) is 24.8 Å². The molecule has 0 aliphatic heterocycles. The third kappa shape index (κ3) is 4.63. The number of methoxy groups -OCH3 is 1. The van der Waals surface area contributed by atoms with E-state index in [-0.39, 0.29) is 6.04 Å². The molecule has 0 aromatic heterocycles. The van der Waals surface area contributed by atoms with Crippen LogP contribution in [0.5, 0.6) is 11.5 Å². The molecule has 1 aromatic carbocycles. The molecule has 3 nitrogen and oxygen atoms in total. The fourth-order valence-electron chi connectivity index (χ4n) is 3.21. The maximum absolute atomic E-state index is 6.27. The summed E-state index contributed by atoms with van der Waals surface area (Å²) in [5.74, 6) is 2.50. The third-order valence-corrected chi connectivity index (χ3v) is 4.39. The van der Waals surface area contributed by atoms with Gasteiger partial charge in [-0.05, 0) is 56.2 Å². The summed E-state index contributed by atoms with van der Waals surface area (Å²) in [6.07, 6.45) is 7.37. The molecule has 3 heteroatoms. The van der Waals surface area contributed by atoms with Gasteiger partial charge < -0.3 is 15.2 Å². The Labute approximate surface area is 128 Å². The molecule has 0 amide bonds. The molecule has 1 saturated carbocycles. The molecule has 118 valence electrons. The number of rotatable bonds is 6. The molecule has 1 aliphatic rings. The highest BCUT2D eigenvalue weighted by Gasteiger charge is 2.23. The quantitative estimate of drug-likeness (QED) is 0.863. The number of nitrogens with two attached hydrogens (primary N) is 1.